The van der Waals surface area contributed by atoms with Gasteiger partial charge in [-0.2, -0.15) is 0 Å². The number of rotatable bonds is 2. The summed E-state index contributed by atoms with van der Waals surface area (Å²) in [5.41, 5.74) is 0. The van der Waals surface area contributed by atoms with Crippen molar-refractivity contribution in [1.82, 2.24) is 9.47 Å². The van der Waals surface area contributed by atoms with E-state index in [0.717, 1.165) is 19.4 Å². The first-order valence-electron chi connectivity index (χ1n) is 6.44. The molecule has 1 aliphatic rings. The third kappa shape index (κ3) is 4.25. The van der Waals surface area contributed by atoms with Crippen LogP contribution in [0.3, 0.4) is 0 Å². The Morgan fingerprint density at radius 2 is 1.65 bits per heavy atom. The highest BCUT2D eigenvalue weighted by molar-refractivity contribution is 5.78. The van der Waals surface area contributed by atoms with Gasteiger partial charge in [0.1, 0.15) is 0 Å². The standard InChI is InChI=1S/C7H13NO.C7H11N/c1-6(2)8-5-3-4-7(8)9;1-7(2)8-5-3-4-6-8/h6H,3-5H2,1-2H3;3-7H,1-2H3. The van der Waals surface area contributed by atoms with Crippen LogP contribution in [0, 0.1) is 0 Å². The van der Waals surface area contributed by atoms with Gasteiger partial charge in [-0.05, 0) is 46.2 Å². The molecule has 1 aromatic rings. The average Bonchev–Trinajstić information content (AvgIpc) is 2.87. The maximum atomic E-state index is 10.9. The van der Waals surface area contributed by atoms with Gasteiger partial charge in [-0.3, -0.25) is 4.79 Å². The highest BCUT2D eigenvalue weighted by atomic mass is 16.2. The van der Waals surface area contributed by atoms with E-state index >= 15 is 0 Å². The van der Waals surface area contributed by atoms with E-state index < -0.39 is 0 Å². The fourth-order valence-corrected chi connectivity index (χ4v) is 1.91. The molecule has 3 heteroatoms. The first-order chi connectivity index (χ1) is 8.02. The van der Waals surface area contributed by atoms with E-state index in [1.165, 1.54) is 0 Å². The number of hydrogen-bond acceptors (Lipinski definition) is 1. The van der Waals surface area contributed by atoms with Gasteiger partial charge >= 0.3 is 0 Å². The van der Waals surface area contributed by atoms with Gasteiger partial charge in [0, 0.05) is 37.4 Å². The van der Waals surface area contributed by atoms with Crippen molar-refractivity contribution in [2.24, 2.45) is 0 Å². The molecule has 1 aliphatic heterocycles. The number of aromatic nitrogens is 1. The molecular formula is C14H24N2O. The molecule has 0 saturated carbocycles. The highest BCUT2D eigenvalue weighted by Gasteiger charge is 2.21. The lowest BCUT2D eigenvalue weighted by molar-refractivity contribution is -0.129. The molecule has 0 unspecified atom stereocenters. The molecule has 1 aromatic heterocycles. The van der Waals surface area contributed by atoms with Crippen LogP contribution >= 0.6 is 0 Å². The Labute approximate surface area is 104 Å². The van der Waals surface area contributed by atoms with Gasteiger partial charge < -0.3 is 9.47 Å². The highest BCUT2D eigenvalue weighted by Crippen LogP contribution is 2.12. The van der Waals surface area contributed by atoms with Crippen molar-refractivity contribution in [2.75, 3.05) is 6.54 Å². The number of hydrogen-bond donors (Lipinski definition) is 0. The zero-order chi connectivity index (χ0) is 12.8. The van der Waals surface area contributed by atoms with E-state index in [2.05, 4.69) is 44.7 Å². The monoisotopic (exact) mass is 236 g/mol. The normalized spacial score (nSPS) is 15.4. The second-order valence-electron chi connectivity index (χ2n) is 5.01. The number of amides is 1. The van der Waals surface area contributed by atoms with Crippen molar-refractivity contribution in [3.8, 4) is 0 Å². The quantitative estimate of drug-likeness (QED) is 0.774. The van der Waals surface area contributed by atoms with Crippen molar-refractivity contribution in [1.29, 1.82) is 0 Å². The second kappa shape index (κ2) is 6.48. The summed E-state index contributed by atoms with van der Waals surface area (Å²) in [6.07, 6.45) is 5.96. The van der Waals surface area contributed by atoms with Gasteiger partial charge in [-0.15, -0.1) is 0 Å². The van der Waals surface area contributed by atoms with Gasteiger partial charge in [-0.1, -0.05) is 0 Å². The van der Waals surface area contributed by atoms with E-state index in [-0.39, 0.29) is 0 Å². The first kappa shape index (κ1) is 13.8. The SMILES string of the molecule is CC(C)N1CCCC1=O.CC(C)n1cccc1. The number of nitrogens with zero attached hydrogens (tertiary/aromatic N) is 2. The number of carbonyl (C=O) groups is 1. The average molecular weight is 236 g/mol. The molecule has 0 atom stereocenters. The molecule has 2 heterocycles. The number of carbonyl (C=O) groups excluding carboxylic acids is 1. The van der Waals surface area contributed by atoms with Crippen molar-refractivity contribution < 1.29 is 4.79 Å². The topological polar surface area (TPSA) is 25.2 Å². The summed E-state index contributed by atoms with van der Waals surface area (Å²) >= 11 is 0. The molecule has 1 saturated heterocycles. The Bertz CT molecular complexity index is 328. The van der Waals surface area contributed by atoms with Crippen LogP contribution < -0.4 is 0 Å². The van der Waals surface area contributed by atoms with Gasteiger partial charge in [0.15, 0.2) is 0 Å². The third-order valence-corrected chi connectivity index (χ3v) is 2.96. The molecule has 96 valence electrons. The lowest BCUT2D eigenvalue weighted by atomic mass is 10.3. The Hall–Kier alpha value is -1.25. The third-order valence-electron chi connectivity index (χ3n) is 2.96. The van der Waals surface area contributed by atoms with Gasteiger partial charge in [0.2, 0.25) is 5.91 Å². The second-order valence-corrected chi connectivity index (χ2v) is 5.01. The molecule has 17 heavy (non-hydrogen) atoms. The lowest BCUT2D eigenvalue weighted by Crippen LogP contribution is -2.31. The van der Waals surface area contributed by atoms with E-state index in [1.54, 1.807) is 0 Å². The Morgan fingerprint density at radius 1 is 1.06 bits per heavy atom. The molecule has 0 aromatic carbocycles. The molecule has 0 bridgehead atoms. The Kier molecular flexibility index (Phi) is 5.26. The zero-order valence-corrected chi connectivity index (χ0v) is 11.4. The molecule has 1 amide bonds. The fraction of sp³-hybridized carbons (Fsp3) is 0.643. The van der Waals surface area contributed by atoms with E-state index in [1.807, 2.05) is 17.0 Å². The molecular weight excluding hydrogens is 212 g/mol. The maximum absolute atomic E-state index is 10.9. The van der Waals surface area contributed by atoms with Gasteiger partial charge in [-0.25, -0.2) is 0 Å². The van der Waals surface area contributed by atoms with Gasteiger partial charge in [0.25, 0.3) is 0 Å². The van der Waals surface area contributed by atoms with E-state index in [4.69, 9.17) is 0 Å². The van der Waals surface area contributed by atoms with E-state index in [0.29, 0.717) is 18.0 Å². The summed E-state index contributed by atoms with van der Waals surface area (Å²) in [6, 6.07) is 5.09. The summed E-state index contributed by atoms with van der Waals surface area (Å²) in [6.45, 7) is 9.42. The fourth-order valence-electron chi connectivity index (χ4n) is 1.91. The van der Waals surface area contributed by atoms with Crippen LogP contribution in [0.15, 0.2) is 24.5 Å². The molecule has 0 N–H and O–H groups in total. The summed E-state index contributed by atoms with van der Waals surface area (Å²) in [5.74, 6) is 0.324. The first-order valence-corrected chi connectivity index (χ1v) is 6.44. The molecule has 0 aliphatic carbocycles. The van der Waals surface area contributed by atoms with Crippen molar-refractivity contribution in [3.05, 3.63) is 24.5 Å². The minimum Gasteiger partial charge on any atom is -0.352 e. The molecule has 1 fully saturated rings. The summed E-state index contributed by atoms with van der Waals surface area (Å²) < 4.78 is 2.17. The van der Waals surface area contributed by atoms with Crippen LogP contribution in [0.5, 0.6) is 0 Å². The van der Waals surface area contributed by atoms with Crippen LogP contribution in [0.1, 0.15) is 46.6 Å². The smallest absolute Gasteiger partial charge is 0.222 e. The summed E-state index contributed by atoms with van der Waals surface area (Å²) in [4.78, 5) is 12.9. The van der Waals surface area contributed by atoms with Crippen LogP contribution in [-0.4, -0.2) is 28.0 Å². The van der Waals surface area contributed by atoms with Crippen molar-refractivity contribution >= 4 is 5.91 Å². The van der Waals surface area contributed by atoms with Gasteiger partial charge in [0.05, 0.1) is 0 Å². The minimum absolute atomic E-state index is 0.324. The Morgan fingerprint density at radius 3 is 1.88 bits per heavy atom. The molecule has 3 nitrogen and oxygen atoms in total. The summed E-state index contributed by atoms with van der Waals surface area (Å²) in [5, 5.41) is 0. The largest absolute Gasteiger partial charge is 0.352 e. The van der Waals surface area contributed by atoms with Crippen LogP contribution in [0.2, 0.25) is 0 Å². The van der Waals surface area contributed by atoms with Crippen LogP contribution in [-0.2, 0) is 4.79 Å². The summed E-state index contributed by atoms with van der Waals surface area (Å²) in [7, 11) is 0. The maximum Gasteiger partial charge on any atom is 0.222 e. The zero-order valence-electron chi connectivity index (χ0n) is 11.4. The van der Waals surface area contributed by atoms with E-state index in [9.17, 15) is 4.79 Å². The predicted molar refractivity (Wildman–Crippen MR) is 70.9 cm³/mol. The van der Waals surface area contributed by atoms with Crippen LogP contribution in [0.4, 0.5) is 0 Å². The predicted octanol–water partition coefficient (Wildman–Crippen LogP) is 3.09. The van der Waals surface area contributed by atoms with Crippen LogP contribution in [0.25, 0.3) is 0 Å². The Balaban J connectivity index is 0.000000171. The van der Waals surface area contributed by atoms with Crippen molar-refractivity contribution in [2.45, 2.75) is 52.6 Å². The lowest BCUT2D eigenvalue weighted by Gasteiger charge is -2.19. The number of likely N-dealkylation sites (tertiary alicyclic amines) is 1. The minimum atomic E-state index is 0.324. The molecule has 0 spiro atoms. The molecule has 0 radical (unpaired) electrons. The van der Waals surface area contributed by atoms with Crippen molar-refractivity contribution in [3.63, 3.8) is 0 Å². The molecule has 2 rings (SSSR count).